The molecule has 0 radical (unpaired) electrons. The number of halogens is 1. The number of esters is 1. The van der Waals surface area contributed by atoms with Gasteiger partial charge in [-0.25, -0.2) is 14.2 Å². The number of carbonyl (C=O) groups excluding carboxylic acids is 2. The first-order chi connectivity index (χ1) is 10.5. The lowest BCUT2D eigenvalue weighted by atomic mass is 10.2. The van der Waals surface area contributed by atoms with Crippen LogP contribution in [0.4, 0.5) is 10.2 Å². The first-order valence-corrected chi connectivity index (χ1v) is 6.70. The van der Waals surface area contributed by atoms with Crippen LogP contribution in [-0.4, -0.2) is 30.5 Å². The highest BCUT2D eigenvalue weighted by Crippen LogP contribution is 2.19. The number of anilines is 1. The minimum atomic E-state index is -0.565. The summed E-state index contributed by atoms with van der Waals surface area (Å²) in [5.41, 5.74) is 0.347. The van der Waals surface area contributed by atoms with Crippen molar-refractivity contribution in [1.82, 2.24) is 4.98 Å². The van der Waals surface area contributed by atoms with Gasteiger partial charge < -0.3 is 4.74 Å². The van der Waals surface area contributed by atoms with E-state index in [1.807, 2.05) is 0 Å². The number of aromatic nitrogens is 1. The second-order valence-electron chi connectivity index (χ2n) is 4.47. The van der Waals surface area contributed by atoms with Crippen LogP contribution in [0.15, 0.2) is 42.6 Å². The Morgan fingerprint density at radius 1 is 1.27 bits per heavy atom. The summed E-state index contributed by atoms with van der Waals surface area (Å²) in [5, 5.41) is 0. The number of benzene rings is 1. The predicted molar refractivity (Wildman–Crippen MR) is 79.3 cm³/mol. The van der Waals surface area contributed by atoms with Gasteiger partial charge in [0.2, 0.25) is 0 Å². The van der Waals surface area contributed by atoms with Crippen LogP contribution < -0.4 is 4.90 Å². The molecule has 0 aliphatic carbocycles. The Balaban J connectivity index is 2.35. The normalized spacial score (nSPS) is 10.1. The number of rotatable bonds is 4. The monoisotopic (exact) mass is 302 g/mol. The molecule has 0 bridgehead atoms. The molecule has 114 valence electrons. The van der Waals surface area contributed by atoms with Crippen molar-refractivity contribution in [2.45, 2.75) is 6.92 Å². The second-order valence-corrected chi connectivity index (χ2v) is 4.47. The largest absolute Gasteiger partial charge is 0.462 e. The highest BCUT2D eigenvalue weighted by molar-refractivity contribution is 6.08. The molecule has 0 unspecified atom stereocenters. The van der Waals surface area contributed by atoms with Gasteiger partial charge in [-0.2, -0.15) is 0 Å². The van der Waals surface area contributed by atoms with Crippen LogP contribution in [-0.2, 0) is 4.74 Å². The molecule has 0 spiro atoms. The Hall–Kier alpha value is -2.76. The fraction of sp³-hybridized carbons (Fsp3) is 0.188. The number of carbonyl (C=O) groups is 2. The Morgan fingerprint density at radius 3 is 2.73 bits per heavy atom. The van der Waals surface area contributed by atoms with Gasteiger partial charge in [-0.05, 0) is 37.3 Å². The topological polar surface area (TPSA) is 59.5 Å². The molecular weight excluding hydrogens is 287 g/mol. The molecule has 0 saturated carbocycles. The quantitative estimate of drug-likeness (QED) is 0.815. The van der Waals surface area contributed by atoms with Crippen LogP contribution >= 0.6 is 0 Å². The molecule has 22 heavy (non-hydrogen) atoms. The maximum absolute atomic E-state index is 13.2. The zero-order valence-corrected chi connectivity index (χ0v) is 12.2. The van der Waals surface area contributed by atoms with Gasteiger partial charge in [0, 0.05) is 18.8 Å². The number of ether oxygens (including phenoxy) is 1. The van der Waals surface area contributed by atoms with E-state index in [0.717, 1.165) is 6.07 Å². The summed E-state index contributed by atoms with van der Waals surface area (Å²) in [5.74, 6) is -1.38. The van der Waals surface area contributed by atoms with E-state index in [-0.39, 0.29) is 23.6 Å². The summed E-state index contributed by atoms with van der Waals surface area (Å²) in [6.07, 6.45) is 1.47. The highest BCUT2D eigenvalue weighted by atomic mass is 19.1. The van der Waals surface area contributed by atoms with Crippen LogP contribution in [0.2, 0.25) is 0 Å². The van der Waals surface area contributed by atoms with Gasteiger partial charge in [-0.15, -0.1) is 0 Å². The van der Waals surface area contributed by atoms with E-state index < -0.39 is 17.7 Å². The molecule has 1 heterocycles. The second kappa shape index (κ2) is 6.80. The van der Waals surface area contributed by atoms with E-state index in [1.54, 1.807) is 13.0 Å². The van der Waals surface area contributed by atoms with Crippen molar-refractivity contribution >= 4 is 17.7 Å². The third-order valence-electron chi connectivity index (χ3n) is 2.98. The van der Waals surface area contributed by atoms with Gasteiger partial charge in [0.25, 0.3) is 5.91 Å². The lowest BCUT2D eigenvalue weighted by Gasteiger charge is -2.18. The summed E-state index contributed by atoms with van der Waals surface area (Å²) in [6, 6.07) is 8.43. The van der Waals surface area contributed by atoms with Gasteiger partial charge in [-0.1, -0.05) is 6.07 Å². The molecule has 1 aromatic carbocycles. The third-order valence-corrected chi connectivity index (χ3v) is 2.98. The smallest absolute Gasteiger partial charge is 0.341 e. The average Bonchev–Trinajstić information content (AvgIpc) is 2.53. The van der Waals surface area contributed by atoms with Crippen LogP contribution in [0.5, 0.6) is 0 Å². The zero-order chi connectivity index (χ0) is 16.1. The molecule has 1 amide bonds. The molecule has 5 nitrogen and oxygen atoms in total. The first-order valence-electron chi connectivity index (χ1n) is 6.70. The maximum Gasteiger partial charge on any atom is 0.341 e. The number of pyridine rings is 1. The molecule has 0 atom stereocenters. The number of nitrogens with zero attached hydrogens (tertiary/aromatic N) is 2. The van der Waals surface area contributed by atoms with Crippen molar-refractivity contribution < 1.29 is 18.7 Å². The van der Waals surface area contributed by atoms with E-state index in [2.05, 4.69) is 4.98 Å². The number of hydrogen-bond donors (Lipinski definition) is 0. The standard InChI is InChI=1S/C16H15FN2O3/c1-3-22-16(21)13-8-5-9-18-14(13)19(2)15(20)11-6-4-7-12(17)10-11/h4-10H,3H2,1-2H3. The van der Waals surface area contributed by atoms with E-state index in [1.165, 1.54) is 42.4 Å². The number of amides is 1. The summed E-state index contributed by atoms with van der Waals surface area (Å²) in [6.45, 7) is 1.91. The van der Waals surface area contributed by atoms with E-state index in [0.29, 0.717) is 0 Å². The van der Waals surface area contributed by atoms with Gasteiger partial charge in [0.1, 0.15) is 17.2 Å². The molecule has 0 aliphatic rings. The van der Waals surface area contributed by atoms with Gasteiger partial charge >= 0.3 is 5.97 Å². The van der Waals surface area contributed by atoms with Crippen LogP contribution in [0.3, 0.4) is 0 Å². The summed E-state index contributed by atoms with van der Waals surface area (Å²) in [4.78, 5) is 29.6. The minimum absolute atomic E-state index is 0.162. The maximum atomic E-state index is 13.2. The molecular formula is C16H15FN2O3. The van der Waals surface area contributed by atoms with E-state index >= 15 is 0 Å². The van der Waals surface area contributed by atoms with Gasteiger partial charge in [0.05, 0.1) is 6.61 Å². The molecule has 0 saturated heterocycles. The molecule has 0 fully saturated rings. The minimum Gasteiger partial charge on any atom is -0.462 e. The zero-order valence-electron chi connectivity index (χ0n) is 12.2. The SMILES string of the molecule is CCOC(=O)c1cccnc1N(C)C(=O)c1cccc(F)c1. The Bertz CT molecular complexity index is 703. The molecule has 2 rings (SSSR count). The van der Waals surface area contributed by atoms with Gasteiger partial charge in [-0.3, -0.25) is 9.69 Å². The van der Waals surface area contributed by atoms with E-state index in [4.69, 9.17) is 4.74 Å². The van der Waals surface area contributed by atoms with E-state index in [9.17, 15) is 14.0 Å². The Labute approximate surface area is 127 Å². The van der Waals surface area contributed by atoms with Crippen molar-refractivity contribution in [2.24, 2.45) is 0 Å². The summed E-state index contributed by atoms with van der Waals surface area (Å²) < 4.78 is 18.2. The first kappa shape index (κ1) is 15.6. The predicted octanol–water partition coefficient (Wildman–Crippen LogP) is 2.67. The fourth-order valence-electron chi connectivity index (χ4n) is 1.94. The Morgan fingerprint density at radius 2 is 2.05 bits per heavy atom. The molecule has 6 heteroatoms. The fourth-order valence-corrected chi connectivity index (χ4v) is 1.94. The molecule has 1 aromatic heterocycles. The summed E-state index contributed by atoms with van der Waals surface area (Å²) >= 11 is 0. The van der Waals surface area contributed by atoms with Crippen molar-refractivity contribution in [3.05, 3.63) is 59.5 Å². The molecule has 2 aromatic rings. The average molecular weight is 302 g/mol. The molecule has 0 aliphatic heterocycles. The van der Waals surface area contributed by atoms with Crippen molar-refractivity contribution in [3.63, 3.8) is 0 Å². The third kappa shape index (κ3) is 3.28. The van der Waals surface area contributed by atoms with Gasteiger partial charge in [0.15, 0.2) is 0 Å². The Kier molecular flexibility index (Phi) is 4.83. The van der Waals surface area contributed by atoms with Crippen molar-refractivity contribution in [1.29, 1.82) is 0 Å². The summed E-state index contributed by atoms with van der Waals surface area (Å²) in [7, 11) is 1.47. The van der Waals surface area contributed by atoms with Crippen LogP contribution in [0, 0.1) is 5.82 Å². The van der Waals surface area contributed by atoms with Crippen molar-refractivity contribution in [2.75, 3.05) is 18.6 Å². The lowest BCUT2D eigenvalue weighted by Crippen LogP contribution is -2.29. The highest BCUT2D eigenvalue weighted by Gasteiger charge is 2.21. The number of hydrogen-bond acceptors (Lipinski definition) is 4. The lowest BCUT2D eigenvalue weighted by molar-refractivity contribution is 0.0527. The molecule has 0 N–H and O–H groups in total. The van der Waals surface area contributed by atoms with Crippen LogP contribution in [0.1, 0.15) is 27.6 Å². The van der Waals surface area contributed by atoms with Crippen LogP contribution in [0.25, 0.3) is 0 Å². The van der Waals surface area contributed by atoms with Crippen molar-refractivity contribution in [3.8, 4) is 0 Å².